The maximum absolute atomic E-state index is 12.8. The lowest BCUT2D eigenvalue weighted by Crippen LogP contribution is -2.39. The van der Waals surface area contributed by atoms with Crippen LogP contribution in [0.1, 0.15) is 289 Å². The summed E-state index contributed by atoms with van der Waals surface area (Å²) in [5, 5.41) is 0. The van der Waals surface area contributed by atoms with Crippen molar-refractivity contribution in [3.8, 4) is 34.5 Å². The quantitative estimate of drug-likeness (QED) is 0.0360. The minimum atomic E-state index is 0.118. The number of piperidine rings is 7. The van der Waals surface area contributed by atoms with Crippen LogP contribution in [0.25, 0.3) is 0 Å². The van der Waals surface area contributed by atoms with E-state index in [1.807, 2.05) is 121 Å². The molecular formula is C121H167N7O13. The Morgan fingerprint density at radius 3 is 0.887 bits per heavy atom. The molecule has 7 saturated heterocycles. The minimum absolute atomic E-state index is 0.118. The van der Waals surface area contributed by atoms with E-state index < -0.39 is 0 Å². The molecule has 0 bridgehead atoms. The molecule has 8 aliphatic heterocycles. The number of hydrogen-bond acceptors (Lipinski definition) is 20. The Morgan fingerprint density at radius 2 is 0.553 bits per heavy atom. The van der Waals surface area contributed by atoms with Crippen LogP contribution in [0.4, 0.5) is 0 Å². The Bertz CT molecular complexity index is 4860. The number of Topliss-reactive ketones (excluding diaryl/α,β-unsaturated/α-hetero) is 7. The van der Waals surface area contributed by atoms with Crippen molar-refractivity contribution in [2.45, 2.75) is 221 Å². The van der Waals surface area contributed by atoms with Gasteiger partial charge in [0, 0.05) is 152 Å². The maximum Gasteiger partial charge on any atom is 0.167 e. The predicted molar refractivity (Wildman–Crippen MR) is 565 cm³/mol. The highest BCUT2D eigenvalue weighted by Gasteiger charge is 2.38. The van der Waals surface area contributed by atoms with Crippen molar-refractivity contribution < 1.29 is 62.0 Å². The summed E-state index contributed by atoms with van der Waals surface area (Å²) in [4.78, 5) is 106. The minimum Gasteiger partial charge on any atom is -0.497 e. The van der Waals surface area contributed by atoms with E-state index in [-0.39, 0.29) is 58.8 Å². The van der Waals surface area contributed by atoms with E-state index >= 15 is 0 Å². The Morgan fingerprint density at radius 1 is 0.270 bits per heavy atom. The first-order chi connectivity index (χ1) is 68.7. The second-order valence-corrected chi connectivity index (χ2v) is 42.9. The number of carbonyl (C=O) groups is 7. The third-order valence-corrected chi connectivity index (χ3v) is 31.3. The van der Waals surface area contributed by atoms with Gasteiger partial charge in [0.2, 0.25) is 0 Å². The molecule has 0 spiro atoms. The zero-order valence-corrected chi connectivity index (χ0v) is 87.0. The lowest BCUT2D eigenvalue weighted by molar-refractivity contribution is 0.0808. The Balaban J connectivity index is 0.000000131. The van der Waals surface area contributed by atoms with Gasteiger partial charge < -0.3 is 62.7 Å². The first-order valence-corrected chi connectivity index (χ1v) is 54.7. The lowest BCUT2D eigenvalue weighted by Gasteiger charge is -2.32. The average molecular weight is 1930 g/mol. The molecule has 4 unspecified atom stereocenters. The molecule has 7 aromatic rings. The average Bonchev–Trinajstić information content (AvgIpc) is 1.19. The summed E-state index contributed by atoms with van der Waals surface area (Å²) >= 11 is 0. The van der Waals surface area contributed by atoms with Crippen molar-refractivity contribution >= 4 is 40.5 Å². The van der Waals surface area contributed by atoms with Crippen LogP contribution in [-0.2, 0) is 12.8 Å². The van der Waals surface area contributed by atoms with Crippen LogP contribution < -0.4 is 28.4 Å². The van der Waals surface area contributed by atoms with E-state index in [0.29, 0.717) is 42.1 Å². The molecule has 7 atom stereocenters. The molecule has 0 N–H and O–H groups in total. The third kappa shape index (κ3) is 33.4. The summed E-state index contributed by atoms with van der Waals surface area (Å²) in [6.07, 6.45) is 34.7. The highest BCUT2D eigenvalue weighted by molar-refractivity contribution is 6.02. The van der Waals surface area contributed by atoms with Gasteiger partial charge in [0.25, 0.3) is 0 Å². The molecule has 5 aliphatic carbocycles. The SMILES string of the molecule is CCCN1CCCC(C(=O)c2ccc(C)c(C)c2)C1.CCCN1CCCC(C(=O)c2ccc3c(c2)CCCC3)C1.CCCN1CCCC(C(=O)c2ccc3c(c2)OCCO3)C1.COc1ccc(C(=O)C2CCCN(CC3CC3)C2)cc1.COc1ccc(C(=O)[C@@H]2CCCN(CC3CC3)C2)cc1.COc1cccc(C(=O)[C@@H]2CCCN(CC3CC3)C2)c1.COc1cccc(C(=O)[C@H]2CCCN(CC3CC3)C2)c1. The van der Waals surface area contributed by atoms with Gasteiger partial charge in [-0.3, -0.25) is 33.6 Å². The molecule has 20 nitrogen and oxygen atoms in total. The predicted octanol–water partition coefficient (Wildman–Crippen LogP) is 22.2. The molecule has 4 saturated carbocycles. The second kappa shape index (κ2) is 55.2. The number of hydrogen-bond donors (Lipinski definition) is 0. The summed E-state index contributed by atoms with van der Waals surface area (Å²) < 4.78 is 31.8. The summed E-state index contributed by atoms with van der Waals surface area (Å²) in [5.41, 5.74) is 11.2. The smallest absolute Gasteiger partial charge is 0.167 e. The fourth-order valence-corrected chi connectivity index (χ4v) is 22.5. The van der Waals surface area contributed by atoms with Gasteiger partial charge >= 0.3 is 0 Å². The van der Waals surface area contributed by atoms with E-state index in [1.54, 1.807) is 28.4 Å². The van der Waals surface area contributed by atoms with Crippen molar-refractivity contribution in [2.75, 3.05) is 179 Å². The number of fused-ring (bicyclic) bond motifs is 2. The second-order valence-electron chi connectivity index (χ2n) is 42.9. The molecule has 7 aromatic carbocycles. The lowest BCUT2D eigenvalue weighted by atomic mass is 9.86. The van der Waals surface area contributed by atoms with Crippen LogP contribution in [0.2, 0.25) is 0 Å². The van der Waals surface area contributed by atoms with Crippen LogP contribution in [0.3, 0.4) is 0 Å². The molecule has 8 heterocycles. The molecule has 0 amide bonds. The Kier molecular flexibility index (Phi) is 42.1. The van der Waals surface area contributed by atoms with Crippen LogP contribution in [0.5, 0.6) is 34.5 Å². The number of aryl methyl sites for hydroxylation is 4. The molecule has 764 valence electrons. The van der Waals surface area contributed by atoms with Crippen molar-refractivity contribution in [3.63, 3.8) is 0 Å². The van der Waals surface area contributed by atoms with Gasteiger partial charge in [-0.2, -0.15) is 0 Å². The Hall–Kier alpha value is -9.25. The van der Waals surface area contributed by atoms with E-state index in [4.69, 9.17) is 28.4 Å². The zero-order valence-electron chi connectivity index (χ0n) is 87.0. The number of ether oxygens (including phenoxy) is 6. The molecule has 0 aromatic heterocycles. The van der Waals surface area contributed by atoms with Gasteiger partial charge in [0.15, 0.2) is 52.0 Å². The number of benzene rings is 7. The molecule has 0 radical (unpaired) electrons. The molecule has 20 heteroatoms. The van der Waals surface area contributed by atoms with Gasteiger partial charge in [-0.1, -0.05) is 69.3 Å². The number of methoxy groups -OCH3 is 4. The van der Waals surface area contributed by atoms with Crippen LogP contribution in [0.15, 0.2) is 152 Å². The molecule has 141 heavy (non-hydrogen) atoms. The number of ketones is 7. The topological polar surface area (TPSA) is 198 Å². The first-order valence-electron chi connectivity index (χ1n) is 54.7. The standard InChI is InChI=1S/C19H27NO.C17H23NO3.4C17H23NO2.C17H25NO/c1-2-11-20-12-5-8-18(14-20)19(21)17-10-9-15-6-3-4-7-16(15)13-17;1-2-7-18-8-3-4-14(12-18)17(19)13-5-6-15-16(11-13)21-10-9-20-15;2*1-20-16-6-2-4-14(10-16)17(19)15-5-3-9-18(12-15)11-13-7-8-13;2*1-20-16-8-6-14(7-9-16)17(19)15-3-2-10-18(12-15)11-13-4-5-13;1-4-9-18-10-5-6-16(12-18)17(19)15-8-7-13(2)14(3)11-15/h9-10,13,18H,2-8,11-12,14H2,1H3;5-6,11,14H,2-4,7-10,12H2,1H3;2*2,4,6,10,13,15H,3,5,7-9,11-12H2,1H3;2*6-9,13,15H,2-5,10-12H2,1H3;7-8,11,16H,4-6,9-10,12H2,1-3H3/t;;3*15-;;/m..101../s1. The summed E-state index contributed by atoms with van der Waals surface area (Å²) in [6.45, 7) is 34.7. The Labute approximate surface area is 844 Å². The van der Waals surface area contributed by atoms with Crippen molar-refractivity contribution in [2.24, 2.45) is 65.1 Å². The van der Waals surface area contributed by atoms with Crippen molar-refractivity contribution in [3.05, 3.63) is 213 Å². The van der Waals surface area contributed by atoms with Crippen LogP contribution >= 0.6 is 0 Å². The normalized spacial score (nSPS) is 22.8. The third-order valence-electron chi connectivity index (χ3n) is 31.3. The zero-order chi connectivity index (χ0) is 98.9. The van der Waals surface area contributed by atoms with Crippen LogP contribution in [0, 0.1) is 78.9 Å². The fourth-order valence-electron chi connectivity index (χ4n) is 22.5. The first kappa shape index (κ1) is 107. The van der Waals surface area contributed by atoms with E-state index in [1.165, 1.54) is 171 Å². The summed E-state index contributed by atoms with van der Waals surface area (Å²) in [6, 6.07) is 48.3. The molecule has 11 fully saturated rings. The van der Waals surface area contributed by atoms with E-state index in [2.05, 4.69) is 99.2 Å². The number of likely N-dealkylation sites (tertiary alicyclic amines) is 7. The maximum atomic E-state index is 12.8. The monoisotopic (exact) mass is 1930 g/mol. The number of carbonyl (C=O) groups excluding carboxylic acids is 7. The van der Waals surface area contributed by atoms with Gasteiger partial charge in [0.1, 0.15) is 36.2 Å². The van der Waals surface area contributed by atoms with Gasteiger partial charge in [-0.25, -0.2) is 0 Å². The number of nitrogens with zero attached hydrogens (tertiary/aromatic N) is 7. The van der Waals surface area contributed by atoms with Crippen LogP contribution in [-0.4, -0.2) is 254 Å². The number of rotatable bonds is 32. The highest BCUT2D eigenvalue weighted by atomic mass is 16.6. The molecule has 20 rings (SSSR count). The van der Waals surface area contributed by atoms with Gasteiger partial charge in [-0.15, -0.1) is 0 Å². The molecule has 13 aliphatic rings. The highest BCUT2D eigenvalue weighted by Crippen LogP contribution is 2.39. The van der Waals surface area contributed by atoms with Crippen molar-refractivity contribution in [1.82, 2.24) is 34.3 Å². The van der Waals surface area contributed by atoms with Gasteiger partial charge in [-0.05, 0) is 415 Å². The van der Waals surface area contributed by atoms with Gasteiger partial charge in [0.05, 0.1) is 28.4 Å². The van der Waals surface area contributed by atoms with E-state index in [0.717, 1.165) is 266 Å². The summed E-state index contributed by atoms with van der Waals surface area (Å²) in [5.74, 6) is 11.5. The molecular weight excluding hydrogens is 1760 g/mol. The largest absolute Gasteiger partial charge is 0.497 e. The summed E-state index contributed by atoms with van der Waals surface area (Å²) in [7, 11) is 6.57. The van der Waals surface area contributed by atoms with E-state index in [9.17, 15) is 33.6 Å². The van der Waals surface area contributed by atoms with Crippen molar-refractivity contribution in [1.29, 1.82) is 0 Å². The fraction of sp³-hybridized carbons (Fsp3) is 0.595.